The number of rotatable bonds is 4. The number of nitrogens with zero attached hydrogens (tertiary/aromatic N) is 3. The number of Topliss-reactive ketones (excluding diaryl/α,β-unsaturated/α-hetero) is 1. The molecule has 0 aliphatic heterocycles. The number of aromatic nitrogens is 3. The molecule has 0 aromatic carbocycles. The molecule has 0 bridgehead atoms. The lowest BCUT2D eigenvalue weighted by Gasteiger charge is -1.95. The monoisotopic (exact) mass is 253 g/mol. The minimum atomic E-state index is 0.0668. The van der Waals surface area contributed by atoms with E-state index in [1.165, 1.54) is 11.5 Å². The van der Waals surface area contributed by atoms with Crippen LogP contribution in [-0.4, -0.2) is 20.4 Å². The zero-order chi connectivity index (χ0) is 11.5. The first-order valence-electron chi connectivity index (χ1n) is 4.96. The molecule has 16 heavy (non-hydrogen) atoms. The van der Waals surface area contributed by atoms with Crippen molar-refractivity contribution in [1.82, 2.24) is 14.6 Å². The van der Waals surface area contributed by atoms with Gasteiger partial charge in [-0.3, -0.25) is 4.79 Å². The molecule has 2 heterocycles. The number of aryl methyl sites for hydroxylation is 2. The van der Waals surface area contributed by atoms with Crippen LogP contribution in [0.2, 0.25) is 0 Å². The molecule has 0 radical (unpaired) electrons. The van der Waals surface area contributed by atoms with E-state index in [9.17, 15) is 4.79 Å². The Morgan fingerprint density at radius 3 is 2.94 bits per heavy atom. The van der Waals surface area contributed by atoms with Crippen LogP contribution in [0, 0.1) is 6.92 Å². The smallest absolute Gasteiger partial charge is 0.182 e. The number of carbonyl (C=O) groups is 1. The van der Waals surface area contributed by atoms with Crippen molar-refractivity contribution in [2.45, 2.75) is 26.7 Å². The third kappa shape index (κ3) is 2.33. The van der Waals surface area contributed by atoms with Gasteiger partial charge in [-0.2, -0.15) is 0 Å². The van der Waals surface area contributed by atoms with Gasteiger partial charge in [0.25, 0.3) is 0 Å². The summed E-state index contributed by atoms with van der Waals surface area (Å²) in [6, 6.07) is 0. The van der Waals surface area contributed by atoms with Crippen LogP contribution < -0.4 is 0 Å². The highest BCUT2D eigenvalue weighted by Gasteiger charge is 2.16. The largest absolute Gasteiger partial charge is 0.293 e. The SMILES string of the molecule is CCc1nnsc1C(=O)Cc1csc(C)n1. The van der Waals surface area contributed by atoms with E-state index < -0.39 is 0 Å². The Bertz CT molecular complexity index is 504. The van der Waals surface area contributed by atoms with Gasteiger partial charge in [0.2, 0.25) is 0 Å². The van der Waals surface area contributed by atoms with Crippen molar-refractivity contribution in [3.63, 3.8) is 0 Å². The van der Waals surface area contributed by atoms with E-state index in [4.69, 9.17) is 0 Å². The zero-order valence-corrected chi connectivity index (χ0v) is 10.7. The van der Waals surface area contributed by atoms with Crippen molar-refractivity contribution in [3.05, 3.63) is 26.7 Å². The van der Waals surface area contributed by atoms with Gasteiger partial charge < -0.3 is 0 Å². The van der Waals surface area contributed by atoms with Crippen LogP contribution in [0.5, 0.6) is 0 Å². The predicted molar refractivity (Wildman–Crippen MR) is 64.2 cm³/mol. The maximum Gasteiger partial charge on any atom is 0.182 e. The molecule has 0 atom stereocenters. The van der Waals surface area contributed by atoms with Gasteiger partial charge in [-0.05, 0) is 24.9 Å². The summed E-state index contributed by atoms with van der Waals surface area (Å²) in [5, 5.41) is 6.84. The Labute approximate surface area is 102 Å². The Balaban J connectivity index is 2.14. The van der Waals surface area contributed by atoms with Crippen molar-refractivity contribution >= 4 is 28.7 Å². The number of carbonyl (C=O) groups excluding carboxylic acids is 1. The van der Waals surface area contributed by atoms with Crippen LogP contribution in [0.4, 0.5) is 0 Å². The van der Waals surface area contributed by atoms with Crippen LogP contribution in [0.3, 0.4) is 0 Å². The zero-order valence-electron chi connectivity index (χ0n) is 9.06. The van der Waals surface area contributed by atoms with E-state index in [-0.39, 0.29) is 5.78 Å². The molecule has 0 saturated heterocycles. The quantitative estimate of drug-likeness (QED) is 0.784. The van der Waals surface area contributed by atoms with Crippen molar-refractivity contribution in [1.29, 1.82) is 0 Å². The average Bonchev–Trinajstić information content (AvgIpc) is 2.86. The number of hydrogen-bond donors (Lipinski definition) is 0. The summed E-state index contributed by atoms with van der Waals surface area (Å²) in [6.07, 6.45) is 1.09. The summed E-state index contributed by atoms with van der Waals surface area (Å²) in [4.78, 5) is 16.9. The number of thiazole rings is 1. The van der Waals surface area contributed by atoms with Gasteiger partial charge in [0.05, 0.1) is 22.8 Å². The maximum atomic E-state index is 12.0. The lowest BCUT2D eigenvalue weighted by Crippen LogP contribution is -2.04. The summed E-state index contributed by atoms with van der Waals surface area (Å²) in [7, 11) is 0. The van der Waals surface area contributed by atoms with E-state index in [2.05, 4.69) is 14.6 Å². The lowest BCUT2D eigenvalue weighted by molar-refractivity contribution is 0.0995. The molecule has 0 spiro atoms. The van der Waals surface area contributed by atoms with E-state index >= 15 is 0 Å². The first-order chi connectivity index (χ1) is 7.70. The number of ketones is 1. The highest BCUT2D eigenvalue weighted by Crippen LogP contribution is 2.16. The van der Waals surface area contributed by atoms with Gasteiger partial charge in [0, 0.05) is 5.38 Å². The Kier molecular flexibility index (Phi) is 3.40. The minimum absolute atomic E-state index is 0.0668. The molecule has 0 fully saturated rings. The van der Waals surface area contributed by atoms with E-state index in [1.807, 2.05) is 19.2 Å². The van der Waals surface area contributed by atoms with Crippen molar-refractivity contribution in [3.8, 4) is 0 Å². The topological polar surface area (TPSA) is 55.7 Å². The highest BCUT2D eigenvalue weighted by atomic mass is 32.1. The third-order valence-electron chi connectivity index (χ3n) is 2.15. The maximum absolute atomic E-state index is 12.0. The Hall–Kier alpha value is -1.14. The fraction of sp³-hybridized carbons (Fsp3) is 0.400. The molecule has 0 saturated carbocycles. The Morgan fingerprint density at radius 2 is 2.31 bits per heavy atom. The number of hydrogen-bond acceptors (Lipinski definition) is 6. The van der Waals surface area contributed by atoms with Crippen LogP contribution in [0.1, 0.15) is 33.0 Å². The molecule has 0 unspecified atom stereocenters. The molecule has 4 nitrogen and oxygen atoms in total. The third-order valence-corrected chi connectivity index (χ3v) is 3.78. The summed E-state index contributed by atoms with van der Waals surface area (Å²) in [5.41, 5.74) is 1.63. The van der Waals surface area contributed by atoms with Gasteiger partial charge in [-0.15, -0.1) is 16.4 Å². The van der Waals surface area contributed by atoms with Crippen LogP contribution >= 0.6 is 22.9 Å². The summed E-state index contributed by atoms with van der Waals surface area (Å²) >= 11 is 2.74. The minimum Gasteiger partial charge on any atom is -0.293 e. The van der Waals surface area contributed by atoms with Crippen molar-refractivity contribution in [2.75, 3.05) is 0 Å². The second-order valence-electron chi connectivity index (χ2n) is 3.36. The van der Waals surface area contributed by atoms with E-state index in [1.54, 1.807) is 11.3 Å². The van der Waals surface area contributed by atoms with Crippen LogP contribution in [0.25, 0.3) is 0 Å². The molecule has 2 aromatic heterocycles. The first kappa shape index (κ1) is 11.3. The second-order valence-corrected chi connectivity index (χ2v) is 5.18. The van der Waals surface area contributed by atoms with Crippen LogP contribution in [0.15, 0.2) is 5.38 Å². The summed E-state index contributed by atoms with van der Waals surface area (Å²) in [5.74, 6) is 0.0668. The van der Waals surface area contributed by atoms with Gasteiger partial charge in [-0.1, -0.05) is 11.4 Å². The average molecular weight is 253 g/mol. The van der Waals surface area contributed by atoms with Gasteiger partial charge >= 0.3 is 0 Å². The van der Waals surface area contributed by atoms with Gasteiger partial charge in [0.15, 0.2) is 5.78 Å². The molecule has 2 rings (SSSR count). The second kappa shape index (κ2) is 4.80. The molecule has 0 amide bonds. The molecule has 0 N–H and O–H groups in total. The first-order valence-corrected chi connectivity index (χ1v) is 6.61. The molecule has 6 heteroatoms. The van der Waals surface area contributed by atoms with Crippen molar-refractivity contribution < 1.29 is 4.79 Å². The summed E-state index contributed by atoms with van der Waals surface area (Å²) < 4.78 is 3.81. The Morgan fingerprint density at radius 1 is 1.50 bits per heavy atom. The fourth-order valence-corrected chi connectivity index (χ4v) is 2.68. The van der Waals surface area contributed by atoms with Gasteiger partial charge in [0.1, 0.15) is 4.88 Å². The van der Waals surface area contributed by atoms with E-state index in [0.717, 1.165) is 22.8 Å². The lowest BCUT2D eigenvalue weighted by atomic mass is 10.1. The van der Waals surface area contributed by atoms with Crippen molar-refractivity contribution in [2.24, 2.45) is 0 Å². The highest BCUT2D eigenvalue weighted by molar-refractivity contribution is 7.09. The fourth-order valence-electron chi connectivity index (χ4n) is 1.39. The van der Waals surface area contributed by atoms with Crippen LogP contribution in [-0.2, 0) is 12.8 Å². The standard InChI is InChI=1S/C10H11N3OS2/c1-3-8-10(16-13-12-8)9(14)4-7-5-15-6(2)11-7/h5H,3-4H2,1-2H3. The predicted octanol–water partition coefficient (Wildman–Crippen LogP) is 2.29. The normalized spacial score (nSPS) is 10.6. The summed E-state index contributed by atoms with van der Waals surface area (Å²) in [6.45, 7) is 3.91. The molecule has 0 aliphatic carbocycles. The van der Waals surface area contributed by atoms with Gasteiger partial charge in [-0.25, -0.2) is 4.98 Å². The molecule has 84 valence electrons. The molecular formula is C10H11N3OS2. The molecular weight excluding hydrogens is 242 g/mol. The molecule has 2 aromatic rings. The molecule has 0 aliphatic rings. The van der Waals surface area contributed by atoms with E-state index in [0.29, 0.717) is 11.3 Å².